The zero-order valence-corrected chi connectivity index (χ0v) is 14.0. The van der Waals surface area contributed by atoms with E-state index in [1.807, 2.05) is 16.4 Å². The number of amides is 1. The van der Waals surface area contributed by atoms with E-state index in [1.165, 1.54) is 0 Å². The molecule has 1 aliphatic rings. The molecular formula is C18H23N3O2. The molecule has 23 heavy (non-hydrogen) atoms. The molecule has 1 aromatic heterocycles. The number of nitrogens with zero attached hydrogens (tertiary/aromatic N) is 3. The molecule has 3 rings (SSSR count). The zero-order valence-electron chi connectivity index (χ0n) is 14.0. The highest BCUT2D eigenvalue weighted by molar-refractivity contribution is 5.94. The van der Waals surface area contributed by atoms with Gasteiger partial charge in [0.25, 0.3) is 5.91 Å². The molecule has 0 saturated carbocycles. The van der Waals surface area contributed by atoms with Gasteiger partial charge < -0.3 is 14.2 Å². The van der Waals surface area contributed by atoms with Crippen molar-refractivity contribution in [2.24, 2.45) is 0 Å². The monoisotopic (exact) mass is 313 g/mol. The summed E-state index contributed by atoms with van der Waals surface area (Å²) in [5.74, 6) is 0.610. The maximum atomic E-state index is 12.5. The van der Waals surface area contributed by atoms with Gasteiger partial charge in [-0.25, -0.2) is 4.98 Å². The Hall–Kier alpha value is -2.14. The van der Waals surface area contributed by atoms with Crippen molar-refractivity contribution in [2.75, 3.05) is 13.7 Å². The molecule has 1 aliphatic heterocycles. The van der Waals surface area contributed by atoms with Gasteiger partial charge in [0.15, 0.2) is 0 Å². The maximum Gasteiger partial charge on any atom is 0.291 e. The van der Waals surface area contributed by atoms with Crippen molar-refractivity contribution in [1.82, 2.24) is 14.5 Å². The first-order valence-corrected chi connectivity index (χ1v) is 8.10. The second-order valence-corrected chi connectivity index (χ2v) is 5.99. The molecule has 1 amide bonds. The number of carbonyl (C=O) groups excluding carboxylic acids is 1. The van der Waals surface area contributed by atoms with Crippen LogP contribution in [0, 0.1) is 6.92 Å². The van der Waals surface area contributed by atoms with Gasteiger partial charge in [-0.1, -0.05) is 37.6 Å². The summed E-state index contributed by atoms with van der Waals surface area (Å²) in [4.78, 5) is 18.9. The molecule has 0 fully saturated rings. The number of carbonyl (C=O) groups is 1. The Morgan fingerprint density at radius 1 is 1.26 bits per heavy atom. The van der Waals surface area contributed by atoms with E-state index in [4.69, 9.17) is 4.74 Å². The second-order valence-electron chi connectivity index (χ2n) is 5.99. The van der Waals surface area contributed by atoms with Crippen molar-refractivity contribution in [3.63, 3.8) is 0 Å². The van der Waals surface area contributed by atoms with Crippen molar-refractivity contribution in [3.05, 3.63) is 41.3 Å². The zero-order chi connectivity index (χ0) is 16.4. The van der Waals surface area contributed by atoms with Gasteiger partial charge in [0.05, 0.1) is 24.7 Å². The molecule has 0 saturated heterocycles. The minimum atomic E-state index is 0.0452. The molecule has 5 nitrogen and oxygen atoms in total. The van der Waals surface area contributed by atoms with E-state index in [1.54, 1.807) is 7.11 Å². The van der Waals surface area contributed by atoms with Crippen LogP contribution in [-0.4, -0.2) is 34.0 Å². The number of benzene rings is 1. The van der Waals surface area contributed by atoms with E-state index in [2.05, 4.69) is 36.2 Å². The average Bonchev–Trinajstić information content (AvgIpc) is 3.02. The van der Waals surface area contributed by atoms with E-state index < -0.39 is 0 Å². The maximum absolute atomic E-state index is 12.5. The van der Waals surface area contributed by atoms with Crippen LogP contribution in [0.2, 0.25) is 0 Å². The number of aryl methyl sites for hydroxylation is 1. The Morgan fingerprint density at radius 2 is 2.00 bits per heavy atom. The molecule has 5 heteroatoms. The fourth-order valence-corrected chi connectivity index (χ4v) is 3.06. The van der Waals surface area contributed by atoms with E-state index >= 15 is 0 Å². The third-order valence-electron chi connectivity index (χ3n) is 4.25. The molecule has 122 valence electrons. The molecule has 1 aromatic carbocycles. The number of rotatable bonds is 6. The van der Waals surface area contributed by atoms with Crippen LogP contribution >= 0.6 is 0 Å². The smallest absolute Gasteiger partial charge is 0.291 e. The summed E-state index contributed by atoms with van der Waals surface area (Å²) in [7, 11) is 1.69. The van der Waals surface area contributed by atoms with E-state index in [-0.39, 0.29) is 5.91 Å². The van der Waals surface area contributed by atoms with Crippen molar-refractivity contribution in [1.29, 1.82) is 0 Å². The molecular weight excluding hydrogens is 290 g/mol. The molecule has 0 bridgehead atoms. The normalized spacial score (nSPS) is 13.7. The Balaban J connectivity index is 1.91. The van der Waals surface area contributed by atoms with Crippen molar-refractivity contribution >= 4 is 5.91 Å². The van der Waals surface area contributed by atoms with E-state index in [0.717, 1.165) is 41.9 Å². The van der Waals surface area contributed by atoms with Crippen LogP contribution in [-0.2, 0) is 18.0 Å². The molecule has 2 heterocycles. The summed E-state index contributed by atoms with van der Waals surface area (Å²) in [6.45, 7) is 6.10. The highest BCUT2D eigenvalue weighted by atomic mass is 16.5. The summed E-state index contributed by atoms with van der Waals surface area (Å²) in [5.41, 5.74) is 4.17. The first-order valence-electron chi connectivity index (χ1n) is 8.10. The van der Waals surface area contributed by atoms with Gasteiger partial charge in [-0.3, -0.25) is 4.79 Å². The molecule has 2 aromatic rings. The highest BCUT2D eigenvalue weighted by Gasteiger charge is 2.32. The van der Waals surface area contributed by atoms with Gasteiger partial charge in [-0.2, -0.15) is 0 Å². The van der Waals surface area contributed by atoms with Crippen LogP contribution in [0.5, 0.6) is 0 Å². The van der Waals surface area contributed by atoms with Crippen LogP contribution in [0.1, 0.15) is 41.6 Å². The predicted molar refractivity (Wildman–Crippen MR) is 89.1 cm³/mol. The topological polar surface area (TPSA) is 47.4 Å². The fraction of sp³-hybridized carbons (Fsp3) is 0.444. The Labute approximate surface area is 136 Å². The third-order valence-corrected chi connectivity index (χ3v) is 4.25. The SMILES string of the molecule is CCCCN1Cn2c(nc(C)c2-c2ccc(COC)cc2)C1=O. The molecule has 0 atom stereocenters. The van der Waals surface area contributed by atoms with Crippen LogP contribution < -0.4 is 0 Å². The summed E-state index contributed by atoms with van der Waals surface area (Å²) in [6, 6.07) is 8.27. The Kier molecular flexibility index (Phi) is 4.48. The molecule has 0 N–H and O–H groups in total. The molecule has 0 radical (unpaired) electrons. The molecule has 0 aliphatic carbocycles. The predicted octanol–water partition coefficient (Wildman–Crippen LogP) is 3.22. The summed E-state index contributed by atoms with van der Waals surface area (Å²) in [5, 5.41) is 0. The largest absolute Gasteiger partial charge is 0.380 e. The van der Waals surface area contributed by atoms with Crippen molar-refractivity contribution in [3.8, 4) is 11.3 Å². The first kappa shape index (κ1) is 15.7. The van der Waals surface area contributed by atoms with Crippen LogP contribution in [0.15, 0.2) is 24.3 Å². The van der Waals surface area contributed by atoms with Crippen LogP contribution in [0.4, 0.5) is 0 Å². The minimum absolute atomic E-state index is 0.0452. The van der Waals surface area contributed by atoms with Gasteiger partial charge in [0.2, 0.25) is 5.82 Å². The van der Waals surface area contributed by atoms with Gasteiger partial charge in [0, 0.05) is 19.2 Å². The summed E-state index contributed by atoms with van der Waals surface area (Å²) < 4.78 is 7.19. The lowest BCUT2D eigenvalue weighted by molar-refractivity contribution is 0.0763. The number of aromatic nitrogens is 2. The Morgan fingerprint density at radius 3 is 2.65 bits per heavy atom. The lowest BCUT2D eigenvalue weighted by Gasteiger charge is -2.15. The summed E-state index contributed by atoms with van der Waals surface area (Å²) in [6.07, 6.45) is 2.11. The first-order chi connectivity index (χ1) is 11.2. The molecule has 0 spiro atoms. The number of hydrogen-bond donors (Lipinski definition) is 0. The number of hydrogen-bond acceptors (Lipinski definition) is 3. The van der Waals surface area contributed by atoms with Crippen molar-refractivity contribution in [2.45, 2.75) is 40.0 Å². The number of fused-ring (bicyclic) bond motifs is 1. The van der Waals surface area contributed by atoms with Gasteiger partial charge in [-0.05, 0) is 18.9 Å². The average molecular weight is 313 g/mol. The second kappa shape index (κ2) is 6.54. The van der Waals surface area contributed by atoms with Crippen LogP contribution in [0.25, 0.3) is 11.3 Å². The quantitative estimate of drug-likeness (QED) is 0.822. The van der Waals surface area contributed by atoms with Gasteiger partial charge in [0.1, 0.15) is 0 Å². The number of ether oxygens (including phenoxy) is 1. The highest BCUT2D eigenvalue weighted by Crippen LogP contribution is 2.29. The lowest BCUT2D eigenvalue weighted by Crippen LogP contribution is -2.26. The van der Waals surface area contributed by atoms with Crippen molar-refractivity contribution < 1.29 is 9.53 Å². The van der Waals surface area contributed by atoms with E-state index in [9.17, 15) is 4.79 Å². The Bertz CT molecular complexity index is 704. The minimum Gasteiger partial charge on any atom is -0.380 e. The molecule has 0 unspecified atom stereocenters. The van der Waals surface area contributed by atoms with Gasteiger partial charge >= 0.3 is 0 Å². The number of unbranched alkanes of at least 4 members (excludes halogenated alkanes) is 1. The standard InChI is InChI=1S/C18H23N3O2/c1-4-5-10-20-12-21-16(13(2)19-17(21)18(20)22)15-8-6-14(7-9-15)11-23-3/h6-9H,4-5,10-12H2,1-3H3. The fourth-order valence-electron chi connectivity index (χ4n) is 3.06. The summed E-state index contributed by atoms with van der Waals surface area (Å²) >= 11 is 0. The number of imidazole rings is 1. The number of methoxy groups -OCH3 is 1. The van der Waals surface area contributed by atoms with Gasteiger partial charge in [-0.15, -0.1) is 0 Å². The third kappa shape index (κ3) is 2.88. The van der Waals surface area contributed by atoms with E-state index in [0.29, 0.717) is 19.1 Å². The van der Waals surface area contributed by atoms with Crippen LogP contribution in [0.3, 0.4) is 0 Å². The lowest BCUT2D eigenvalue weighted by atomic mass is 10.1.